The van der Waals surface area contributed by atoms with Gasteiger partial charge in [0.05, 0.1) is 0 Å². The van der Waals surface area contributed by atoms with E-state index in [1.165, 1.54) is 43.6 Å². The van der Waals surface area contributed by atoms with Gasteiger partial charge >= 0.3 is 0 Å². The predicted molar refractivity (Wildman–Crippen MR) is 201 cm³/mol. The van der Waals surface area contributed by atoms with Crippen molar-refractivity contribution < 1.29 is 5.11 Å². The molecular formula is C43H56N4O. The molecular weight excluding hydrogens is 589 g/mol. The molecule has 5 aliphatic heterocycles. The molecule has 6 bridgehead atoms. The molecule has 0 saturated carbocycles. The van der Waals surface area contributed by atoms with E-state index >= 15 is 0 Å². The highest BCUT2D eigenvalue weighted by Gasteiger charge is 2.58. The third kappa shape index (κ3) is 6.92. The molecule has 3 unspecified atom stereocenters. The second kappa shape index (κ2) is 15.5. The van der Waals surface area contributed by atoms with Crippen molar-refractivity contribution in [2.24, 2.45) is 23.0 Å². The van der Waals surface area contributed by atoms with Gasteiger partial charge in [0.25, 0.3) is 0 Å². The van der Waals surface area contributed by atoms with Crippen LogP contribution >= 0.6 is 0 Å². The summed E-state index contributed by atoms with van der Waals surface area (Å²) >= 11 is 0. The van der Waals surface area contributed by atoms with Gasteiger partial charge in [-0.1, -0.05) is 84.5 Å². The van der Waals surface area contributed by atoms with Crippen molar-refractivity contribution >= 4 is 17.0 Å². The number of aromatic hydroxyl groups is 1. The summed E-state index contributed by atoms with van der Waals surface area (Å²) in [6.45, 7) is 6.54. The van der Waals surface area contributed by atoms with Crippen LogP contribution < -0.4 is 5.73 Å². The molecule has 1 aromatic carbocycles. The van der Waals surface area contributed by atoms with Crippen molar-refractivity contribution in [3.05, 3.63) is 101 Å². The van der Waals surface area contributed by atoms with Gasteiger partial charge in [-0.05, 0) is 126 Å². The van der Waals surface area contributed by atoms with E-state index in [0.717, 1.165) is 99.8 Å². The highest BCUT2D eigenvalue weighted by molar-refractivity contribution is 5.90. The van der Waals surface area contributed by atoms with Gasteiger partial charge in [0.1, 0.15) is 11.3 Å². The highest BCUT2D eigenvalue weighted by atomic mass is 16.3. The molecule has 5 heteroatoms. The standard InChI is InChI=1S/C43H56N4O/c44-26-23-35-36-19-12-14-25-43-32-46-27-15-10-8-6-4-2-1-3-5-7-9-11-18-33-30-34(38(43)24-29-46)31-47(42(33)43)28-16-13-21-39(36)45-41-37(35)20-17-22-40(41)48/h2-5,8-12,17,19-20,22,30,34,38,42,48H,1,6-7,13-16,18,21,23-29,31-32,44H2/b4-2-,5-3-,10-8-,11-9-,19-12-/t34?,38-,42+,43+/m0/s1. The third-order valence-electron chi connectivity index (χ3n) is 11.9. The normalized spacial score (nSPS) is 34.5. The molecule has 254 valence electrons. The van der Waals surface area contributed by atoms with Crippen LogP contribution in [-0.2, 0) is 12.8 Å². The number of benzene rings is 1. The Kier molecular flexibility index (Phi) is 10.8. The van der Waals surface area contributed by atoms with Gasteiger partial charge in [-0.3, -0.25) is 4.90 Å². The van der Waals surface area contributed by atoms with Crippen LogP contribution in [0.4, 0.5) is 0 Å². The van der Waals surface area contributed by atoms with E-state index in [4.69, 9.17) is 10.7 Å². The smallest absolute Gasteiger partial charge is 0.141 e. The van der Waals surface area contributed by atoms with Gasteiger partial charge in [-0.2, -0.15) is 0 Å². The Balaban J connectivity index is 1.24. The maximum absolute atomic E-state index is 10.8. The molecule has 3 N–H and O–H groups in total. The van der Waals surface area contributed by atoms with Crippen molar-refractivity contribution in [2.75, 3.05) is 39.3 Å². The van der Waals surface area contributed by atoms with Crippen molar-refractivity contribution in [2.45, 2.75) is 83.1 Å². The van der Waals surface area contributed by atoms with E-state index in [-0.39, 0.29) is 11.2 Å². The largest absolute Gasteiger partial charge is 0.506 e. The summed E-state index contributed by atoms with van der Waals surface area (Å²) < 4.78 is 0. The molecule has 5 nitrogen and oxygen atoms in total. The van der Waals surface area contributed by atoms with Crippen molar-refractivity contribution in [1.82, 2.24) is 14.8 Å². The van der Waals surface area contributed by atoms with Crippen LogP contribution in [0, 0.1) is 17.3 Å². The first-order chi connectivity index (χ1) is 23.7. The zero-order chi connectivity index (χ0) is 32.8. The Morgan fingerprint density at radius 3 is 2.54 bits per heavy atom. The van der Waals surface area contributed by atoms with Gasteiger partial charge in [-0.25, -0.2) is 4.98 Å². The fourth-order valence-electron chi connectivity index (χ4n) is 9.93. The number of fused-ring (bicyclic) bond motifs is 3. The van der Waals surface area contributed by atoms with Gasteiger partial charge < -0.3 is 15.7 Å². The van der Waals surface area contributed by atoms with Crippen molar-refractivity contribution in [1.29, 1.82) is 0 Å². The minimum absolute atomic E-state index is 0.267. The molecule has 6 aliphatic rings. The van der Waals surface area contributed by atoms with Gasteiger partial charge in [0, 0.05) is 42.2 Å². The maximum atomic E-state index is 10.8. The van der Waals surface area contributed by atoms with Gasteiger partial charge in [0.15, 0.2) is 0 Å². The van der Waals surface area contributed by atoms with E-state index in [2.05, 4.69) is 82.7 Å². The number of piperidine rings is 2. The number of aryl methyl sites for hydroxylation is 1. The molecule has 8 rings (SSSR count). The monoisotopic (exact) mass is 644 g/mol. The first kappa shape index (κ1) is 33.3. The van der Waals surface area contributed by atoms with E-state index in [0.29, 0.717) is 18.5 Å². The molecule has 6 heterocycles. The van der Waals surface area contributed by atoms with E-state index in [1.54, 1.807) is 11.6 Å². The molecule has 2 saturated heterocycles. The van der Waals surface area contributed by atoms with Crippen LogP contribution in [0.15, 0.2) is 84.5 Å². The Morgan fingerprint density at radius 2 is 1.71 bits per heavy atom. The zero-order valence-electron chi connectivity index (χ0n) is 28.9. The lowest BCUT2D eigenvalue weighted by molar-refractivity contribution is -0.109. The summed E-state index contributed by atoms with van der Waals surface area (Å²) in [5.41, 5.74) is 12.5. The predicted octanol–water partition coefficient (Wildman–Crippen LogP) is 8.31. The summed E-state index contributed by atoms with van der Waals surface area (Å²) in [4.78, 5) is 10.9. The van der Waals surface area contributed by atoms with Crippen LogP contribution in [0.2, 0.25) is 0 Å². The molecule has 6 atom stereocenters. The van der Waals surface area contributed by atoms with E-state index in [1.807, 2.05) is 6.07 Å². The SMILES string of the molecule is NCCc1c2c(nc3c(O)cccc13)CCCCN1CC3C=C4C/C=C\C/C=C\C/C=C\C/C=C\CCN5CC[C@@H]3[C@@](CC/C=C\2)(C5)[C@@H]41. The Bertz CT molecular complexity index is 1610. The fraction of sp³-hybridized carbons (Fsp3) is 0.512. The quantitative estimate of drug-likeness (QED) is 0.322. The Hall–Kier alpha value is -3.25. The van der Waals surface area contributed by atoms with Crippen LogP contribution in [0.3, 0.4) is 0 Å². The number of nitrogens with two attached hydrogens (primary N) is 1. The second-order valence-electron chi connectivity index (χ2n) is 14.9. The molecule has 48 heavy (non-hydrogen) atoms. The minimum atomic E-state index is 0.267. The number of phenolic OH excluding ortho intramolecular Hbond substituents is 1. The number of aromatic nitrogens is 1. The lowest BCUT2D eigenvalue weighted by Gasteiger charge is -2.64. The number of hydrogen-bond acceptors (Lipinski definition) is 5. The lowest BCUT2D eigenvalue weighted by Crippen LogP contribution is -2.68. The number of para-hydroxylation sites is 1. The number of phenols is 1. The average Bonchev–Trinajstić information content (AvgIpc) is 3.10. The topological polar surface area (TPSA) is 65.6 Å². The summed E-state index contributed by atoms with van der Waals surface area (Å²) in [5, 5.41) is 11.8. The van der Waals surface area contributed by atoms with E-state index < -0.39 is 0 Å². The second-order valence-corrected chi connectivity index (χ2v) is 14.9. The Labute approximate surface area is 288 Å². The summed E-state index contributed by atoms with van der Waals surface area (Å²) in [7, 11) is 0. The van der Waals surface area contributed by atoms with E-state index in [9.17, 15) is 5.11 Å². The number of allylic oxidation sites excluding steroid dienone is 8. The molecule has 2 fully saturated rings. The summed E-state index contributed by atoms with van der Waals surface area (Å²) in [6.07, 6.45) is 39.2. The van der Waals surface area contributed by atoms with Crippen LogP contribution in [0.5, 0.6) is 5.75 Å². The maximum Gasteiger partial charge on any atom is 0.141 e. The minimum Gasteiger partial charge on any atom is -0.506 e. The van der Waals surface area contributed by atoms with Crippen LogP contribution in [0.1, 0.15) is 81.0 Å². The van der Waals surface area contributed by atoms with Crippen molar-refractivity contribution in [3.63, 3.8) is 0 Å². The van der Waals surface area contributed by atoms with Gasteiger partial charge in [0.2, 0.25) is 0 Å². The number of nitrogens with zero attached hydrogens (tertiary/aromatic N) is 3. The fourth-order valence-corrected chi connectivity index (χ4v) is 9.93. The Morgan fingerprint density at radius 1 is 0.896 bits per heavy atom. The number of rotatable bonds is 2. The molecule has 2 aromatic rings. The zero-order valence-corrected chi connectivity index (χ0v) is 28.9. The summed E-state index contributed by atoms with van der Waals surface area (Å²) in [5.74, 6) is 1.67. The van der Waals surface area contributed by atoms with Crippen LogP contribution in [-0.4, -0.2) is 65.2 Å². The van der Waals surface area contributed by atoms with Crippen LogP contribution in [0.25, 0.3) is 17.0 Å². The molecule has 1 aliphatic carbocycles. The lowest BCUT2D eigenvalue weighted by atomic mass is 9.52. The number of hydrogen-bond donors (Lipinski definition) is 2. The first-order valence-corrected chi connectivity index (χ1v) is 18.9. The first-order valence-electron chi connectivity index (χ1n) is 18.9. The average molecular weight is 645 g/mol. The molecule has 1 spiro atoms. The summed E-state index contributed by atoms with van der Waals surface area (Å²) in [6, 6.07) is 6.32. The van der Waals surface area contributed by atoms with Gasteiger partial charge in [-0.15, -0.1) is 0 Å². The highest BCUT2D eigenvalue weighted by Crippen LogP contribution is 2.57. The number of pyridine rings is 1. The van der Waals surface area contributed by atoms with Crippen molar-refractivity contribution in [3.8, 4) is 5.75 Å². The molecule has 0 radical (unpaired) electrons. The molecule has 1 aromatic heterocycles. The molecule has 0 amide bonds. The third-order valence-corrected chi connectivity index (χ3v) is 11.9.